The molecule has 0 aliphatic carbocycles. The van der Waals surface area contributed by atoms with Crippen molar-refractivity contribution in [2.24, 2.45) is 0 Å². The van der Waals surface area contributed by atoms with Crippen molar-refractivity contribution < 1.29 is 19.4 Å². The van der Waals surface area contributed by atoms with Crippen LogP contribution in [-0.2, 0) is 11.4 Å². The minimum Gasteiger partial charge on any atom is -0.497 e. The normalized spacial score (nSPS) is 9.82. The molecule has 17 heavy (non-hydrogen) atoms. The molecule has 0 atom stereocenters. The van der Waals surface area contributed by atoms with Crippen LogP contribution >= 0.6 is 0 Å². The second-order valence-electron chi connectivity index (χ2n) is 3.37. The number of aliphatic hydroxyl groups is 1. The van der Waals surface area contributed by atoms with Crippen molar-refractivity contribution in [3.63, 3.8) is 0 Å². The van der Waals surface area contributed by atoms with Crippen LogP contribution in [0.2, 0.25) is 0 Å². The van der Waals surface area contributed by atoms with E-state index < -0.39 is 0 Å². The van der Waals surface area contributed by atoms with Crippen LogP contribution in [0.3, 0.4) is 0 Å². The van der Waals surface area contributed by atoms with Gasteiger partial charge in [-0.25, -0.2) is 0 Å². The van der Waals surface area contributed by atoms with Crippen molar-refractivity contribution in [2.75, 3.05) is 20.3 Å². The third-order valence-corrected chi connectivity index (χ3v) is 2.17. The standard InChI is InChI=1S/C12H17NO4/c1-3-13-12(15)8-17-11-5-4-10(16-2)6-9(11)7-14/h4-6,14H,3,7-8H2,1-2H3,(H,13,15). The molecule has 0 bridgehead atoms. The van der Waals surface area contributed by atoms with E-state index in [0.717, 1.165) is 0 Å². The zero-order valence-electron chi connectivity index (χ0n) is 10.0. The highest BCUT2D eigenvalue weighted by molar-refractivity contribution is 5.77. The molecule has 1 aromatic carbocycles. The lowest BCUT2D eigenvalue weighted by Crippen LogP contribution is -2.28. The van der Waals surface area contributed by atoms with Crippen LogP contribution in [0, 0.1) is 0 Å². The van der Waals surface area contributed by atoms with Gasteiger partial charge in [-0.05, 0) is 25.1 Å². The molecule has 0 unspecified atom stereocenters. The predicted octanol–water partition coefficient (Wildman–Crippen LogP) is 0.702. The molecule has 1 rings (SSSR count). The van der Waals surface area contributed by atoms with Crippen molar-refractivity contribution in [1.29, 1.82) is 0 Å². The van der Waals surface area contributed by atoms with Crippen LogP contribution in [0.4, 0.5) is 0 Å². The van der Waals surface area contributed by atoms with E-state index in [9.17, 15) is 9.90 Å². The fourth-order valence-corrected chi connectivity index (χ4v) is 1.34. The average molecular weight is 239 g/mol. The summed E-state index contributed by atoms with van der Waals surface area (Å²) in [4.78, 5) is 11.2. The summed E-state index contributed by atoms with van der Waals surface area (Å²) in [5.74, 6) is 0.936. The van der Waals surface area contributed by atoms with Crippen LogP contribution < -0.4 is 14.8 Å². The van der Waals surface area contributed by atoms with Crippen molar-refractivity contribution >= 4 is 5.91 Å². The maximum absolute atomic E-state index is 11.2. The molecule has 0 aliphatic rings. The molecule has 1 amide bonds. The maximum atomic E-state index is 11.2. The summed E-state index contributed by atoms with van der Waals surface area (Å²) in [5, 5.41) is 11.8. The fourth-order valence-electron chi connectivity index (χ4n) is 1.34. The van der Waals surface area contributed by atoms with Gasteiger partial charge in [-0.2, -0.15) is 0 Å². The van der Waals surface area contributed by atoms with Gasteiger partial charge in [0, 0.05) is 12.1 Å². The van der Waals surface area contributed by atoms with Crippen molar-refractivity contribution in [1.82, 2.24) is 5.32 Å². The smallest absolute Gasteiger partial charge is 0.257 e. The summed E-state index contributed by atoms with van der Waals surface area (Å²) in [5.41, 5.74) is 0.591. The number of likely N-dealkylation sites (N-methyl/N-ethyl adjacent to an activating group) is 1. The SMILES string of the molecule is CCNC(=O)COc1ccc(OC)cc1CO. The highest BCUT2D eigenvalue weighted by atomic mass is 16.5. The molecule has 94 valence electrons. The Labute approximate surface area is 100 Å². The van der Waals surface area contributed by atoms with E-state index in [1.54, 1.807) is 25.3 Å². The molecule has 5 heteroatoms. The van der Waals surface area contributed by atoms with E-state index in [2.05, 4.69) is 5.32 Å². The van der Waals surface area contributed by atoms with Gasteiger partial charge in [-0.1, -0.05) is 0 Å². The van der Waals surface area contributed by atoms with Crippen molar-refractivity contribution in [3.8, 4) is 11.5 Å². The summed E-state index contributed by atoms with van der Waals surface area (Å²) in [6.45, 7) is 2.18. The fraction of sp³-hybridized carbons (Fsp3) is 0.417. The molecule has 0 saturated heterocycles. The first kappa shape index (κ1) is 13.3. The molecule has 0 aromatic heterocycles. The largest absolute Gasteiger partial charge is 0.497 e. The van der Waals surface area contributed by atoms with Gasteiger partial charge in [0.1, 0.15) is 11.5 Å². The number of benzene rings is 1. The first-order valence-electron chi connectivity index (χ1n) is 5.38. The van der Waals surface area contributed by atoms with Gasteiger partial charge in [0.2, 0.25) is 0 Å². The Hall–Kier alpha value is -1.75. The summed E-state index contributed by atoms with van der Waals surface area (Å²) < 4.78 is 10.3. The number of hydrogen-bond acceptors (Lipinski definition) is 4. The molecule has 0 fully saturated rings. The van der Waals surface area contributed by atoms with Crippen molar-refractivity contribution in [2.45, 2.75) is 13.5 Å². The predicted molar refractivity (Wildman–Crippen MR) is 63.1 cm³/mol. The van der Waals surface area contributed by atoms with Gasteiger partial charge in [0.25, 0.3) is 5.91 Å². The third kappa shape index (κ3) is 3.96. The Balaban J connectivity index is 2.67. The van der Waals surface area contributed by atoms with Crippen molar-refractivity contribution in [3.05, 3.63) is 23.8 Å². The molecule has 0 aliphatic heterocycles. The topological polar surface area (TPSA) is 67.8 Å². The first-order valence-corrected chi connectivity index (χ1v) is 5.38. The number of aliphatic hydroxyl groups excluding tert-OH is 1. The number of amides is 1. The van der Waals surface area contributed by atoms with E-state index in [-0.39, 0.29) is 19.1 Å². The highest BCUT2D eigenvalue weighted by Gasteiger charge is 2.07. The number of hydrogen-bond donors (Lipinski definition) is 2. The van der Waals surface area contributed by atoms with Crippen LogP contribution in [0.5, 0.6) is 11.5 Å². The summed E-state index contributed by atoms with van der Waals surface area (Å²) in [6, 6.07) is 5.06. The van der Waals surface area contributed by atoms with E-state index in [1.807, 2.05) is 6.92 Å². The Morgan fingerprint density at radius 2 is 2.24 bits per heavy atom. The quantitative estimate of drug-likeness (QED) is 0.767. The lowest BCUT2D eigenvalue weighted by molar-refractivity contribution is -0.123. The van der Waals surface area contributed by atoms with E-state index in [4.69, 9.17) is 9.47 Å². The minimum absolute atomic E-state index is 0.0623. The molecule has 0 saturated carbocycles. The zero-order chi connectivity index (χ0) is 12.7. The Kier molecular flexibility index (Phi) is 5.29. The van der Waals surface area contributed by atoms with E-state index >= 15 is 0 Å². The maximum Gasteiger partial charge on any atom is 0.257 e. The number of ether oxygens (including phenoxy) is 2. The van der Waals surface area contributed by atoms with Crippen LogP contribution in [0.1, 0.15) is 12.5 Å². The van der Waals surface area contributed by atoms with Gasteiger partial charge < -0.3 is 19.9 Å². The number of carbonyl (C=O) groups is 1. The third-order valence-electron chi connectivity index (χ3n) is 2.17. The first-order chi connectivity index (χ1) is 8.21. The number of carbonyl (C=O) groups excluding carboxylic acids is 1. The van der Waals surface area contributed by atoms with E-state index in [0.29, 0.717) is 23.6 Å². The van der Waals surface area contributed by atoms with Gasteiger partial charge in [0.05, 0.1) is 13.7 Å². The molecule has 0 spiro atoms. The molecule has 0 heterocycles. The van der Waals surface area contributed by atoms with E-state index in [1.165, 1.54) is 0 Å². The average Bonchev–Trinajstić information content (AvgIpc) is 2.36. The molecule has 5 nitrogen and oxygen atoms in total. The molecular formula is C12H17NO4. The van der Waals surface area contributed by atoms with Gasteiger partial charge in [-0.15, -0.1) is 0 Å². The Morgan fingerprint density at radius 3 is 2.82 bits per heavy atom. The number of rotatable bonds is 6. The second kappa shape index (κ2) is 6.75. The molecule has 0 radical (unpaired) electrons. The number of nitrogens with one attached hydrogen (secondary N) is 1. The van der Waals surface area contributed by atoms with Gasteiger partial charge in [-0.3, -0.25) is 4.79 Å². The van der Waals surface area contributed by atoms with Crippen LogP contribution in [-0.4, -0.2) is 31.3 Å². The summed E-state index contributed by atoms with van der Waals surface area (Å²) in [7, 11) is 1.55. The van der Waals surface area contributed by atoms with Gasteiger partial charge in [0.15, 0.2) is 6.61 Å². The summed E-state index contributed by atoms with van der Waals surface area (Å²) in [6.07, 6.45) is 0. The molecule has 2 N–H and O–H groups in total. The zero-order valence-corrected chi connectivity index (χ0v) is 10.0. The Bertz CT molecular complexity index is 379. The summed E-state index contributed by atoms with van der Waals surface area (Å²) >= 11 is 0. The highest BCUT2D eigenvalue weighted by Crippen LogP contribution is 2.24. The molecular weight excluding hydrogens is 222 g/mol. The number of methoxy groups -OCH3 is 1. The van der Waals surface area contributed by atoms with Gasteiger partial charge >= 0.3 is 0 Å². The lowest BCUT2D eigenvalue weighted by Gasteiger charge is -2.11. The minimum atomic E-state index is -0.188. The second-order valence-corrected chi connectivity index (χ2v) is 3.37. The van der Waals surface area contributed by atoms with Crippen LogP contribution in [0.15, 0.2) is 18.2 Å². The van der Waals surface area contributed by atoms with Crippen LogP contribution in [0.25, 0.3) is 0 Å². The molecule has 1 aromatic rings. The lowest BCUT2D eigenvalue weighted by atomic mass is 10.2. The Morgan fingerprint density at radius 1 is 1.47 bits per heavy atom. The monoisotopic (exact) mass is 239 g/mol.